The van der Waals surface area contributed by atoms with E-state index >= 15 is 0 Å². The molecule has 0 aromatic heterocycles. The molecule has 9 heteroatoms. The van der Waals surface area contributed by atoms with Gasteiger partial charge in [0.2, 0.25) is 0 Å². The van der Waals surface area contributed by atoms with Gasteiger partial charge in [-0.1, -0.05) is 0 Å². The number of alkyl halides is 2. The maximum atomic E-state index is 12.1. The van der Waals surface area contributed by atoms with Gasteiger partial charge < -0.3 is 0 Å². The molecular weight excluding hydrogens is 207 g/mol. The molecule has 1 saturated heterocycles. The van der Waals surface area contributed by atoms with Gasteiger partial charge in [-0.25, -0.2) is 0 Å². The Balaban J connectivity index is 2.93. The number of rotatable bonds is 0. The van der Waals surface area contributed by atoms with E-state index in [1.165, 1.54) is 0 Å². The molecule has 1 aliphatic heterocycles. The number of carbonyl (C=O) groups is 2. The fourth-order valence-corrected chi connectivity index (χ4v) is 1.18. The molecule has 1 heterocycles. The van der Waals surface area contributed by atoms with E-state index in [1.807, 2.05) is 0 Å². The van der Waals surface area contributed by atoms with Crippen LogP contribution < -0.4 is 0 Å². The van der Waals surface area contributed by atoms with Crippen LogP contribution in [0.15, 0.2) is 0 Å². The van der Waals surface area contributed by atoms with Crippen LogP contribution >= 0.6 is 8.34 Å². The van der Waals surface area contributed by atoms with Crippen LogP contribution in [0.5, 0.6) is 0 Å². The fourth-order valence-electron chi connectivity index (χ4n) is 0.448. The van der Waals surface area contributed by atoms with Gasteiger partial charge in [0.05, 0.1) is 0 Å². The van der Waals surface area contributed by atoms with E-state index in [9.17, 15) is 26.8 Å². The van der Waals surface area contributed by atoms with Crippen LogP contribution in [0, 0.1) is 0 Å². The first-order valence-corrected chi connectivity index (χ1v) is 4.05. The SMILES string of the molecule is O=C1O[PH](F)(F)OC(=O)C1(F)F. The van der Waals surface area contributed by atoms with Gasteiger partial charge in [0.15, 0.2) is 0 Å². The summed E-state index contributed by atoms with van der Waals surface area (Å²) < 4.78 is 54.0. The van der Waals surface area contributed by atoms with E-state index in [2.05, 4.69) is 9.05 Å². The second kappa shape index (κ2) is 2.29. The van der Waals surface area contributed by atoms with E-state index in [1.54, 1.807) is 0 Å². The molecule has 1 aliphatic rings. The topological polar surface area (TPSA) is 52.6 Å². The minimum absolute atomic E-state index is 2.56. The van der Waals surface area contributed by atoms with Gasteiger partial charge in [0, 0.05) is 0 Å². The number of carbonyl (C=O) groups excluding carboxylic acids is 2. The third-order valence-electron chi connectivity index (χ3n) is 0.936. The van der Waals surface area contributed by atoms with Gasteiger partial charge in [-0.05, 0) is 0 Å². The van der Waals surface area contributed by atoms with E-state index in [0.717, 1.165) is 0 Å². The van der Waals surface area contributed by atoms with Crippen molar-refractivity contribution in [2.45, 2.75) is 5.92 Å². The molecule has 0 spiro atoms. The molecule has 0 aromatic carbocycles. The second-order valence-corrected chi connectivity index (χ2v) is 3.15. The Morgan fingerprint density at radius 3 is 1.75 bits per heavy atom. The monoisotopic (exact) mass is 208 g/mol. The van der Waals surface area contributed by atoms with Crippen molar-refractivity contribution < 1.29 is 35.8 Å². The van der Waals surface area contributed by atoms with Gasteiger partial charge in [0.1, 0.15) is 0 Å². The summed E-state index contributed by atoms with van der Waals surface area (Å²) in [5.41, 5.74) is 0. The molecule has 0 aromatic rings. The van der Waals surface area contributed by atoms with Crippen molar-refractivity contribution in [1.29, 1.82) is 0 Å². The summed E-state index contributed by atoms with van der Waals surface area (Å²) in [7, 11) is -5.98. The molecule has 0 amide bonds. The predicted octanol–water partition coefficient (Wildman–Crippen LogP) is 1.07. The van der Waals surface area contributed by atoms with Crippen LogP contribution in [0.4, 0.5) is 17.2 Å². The van der Waals surface area contributed by atoms with Crippen molar-refractivity contribution in [1.82, 2.24) is 0 Å². The number of hydrogen-bond donors (Lipinski definition) is 0. The molecule has 70 valence electrons. The summed E-state index contributed by atoms with van der Waals surface area (Å²) in [5.74, 6) is -9.74. The van der Waals surface area contributed by atoms with Crippen molar-refractivity contribution in [3.8, 4) is 0 Å². The Bertz CT molecular complexity index is 229. The maximum absolute atomic E-state index is 12.1. The van der Waals surface area contributed by atoms with Crippen LogP contribution in [0.2, 0.25) is 0 Å². The van der Waals surface area contributed by atoms with Crippen LogP contribution in [0.1, 0.15) is 0 Å². The summed E-state index contributed by atoms with van der Waals surface area (Å²) in [6.45, 7) is 0. The normalized spacial score (nSPS) is 28.7. The first-order chi connectivity index (χ1) is 5.26. The molecule has 0 radical (unpaired) electrons. The summed E-state index contributed by atoms with van der Waals surface area (Å²) in [4.78, 5) is 20.0. The van der Waals surface area contributed by atoms with Crippen LogP contribution in [-0.2, 0) is 18.6 Å². The Morgan fingerprint density at radius 2 is 1.42 bits per heavy atom. The summed E-state index contributed by atoms with van der Waals surface area (Å²) >= 11 is 0. The minimum atomic E-state index is -5.98. The first-order valence-electron chi connectivity index (χ1n) is 2.48. The molecule has 1 fully saturated rings. The van der Waals surface area contributed by atoms with Crippen molar-refractivity contribution in [3.63, 3.8) is 0 Å². The van der Waals surface area contributed by atoms with E-state index in [-0.39, 0.29) is 0 Å². The van der Waals surface area contributed by atoms with Crippen molar-refractivity contribution >= 4 is 20.3 Å². The molecule has 0 saturated carbocycles. The molecule has 0 N–H and O–H groups in total. The summed E-state index contributed by atoms with van der Waals surface area (Å²) in [5, 5.41) is 0. The number of halogens is 4. The molecule has 0 unspecified atom stereocenters. The van der Waals surface area contributed by atoms with Gasteiger partial charge in [0.25, 0.3) is 0 Å². The van der Waals surface area contributed by atoms with Gasteiger partial charge >= 0.3 is 62.0 Å². The van der Waals surface area contributed by atoms with E-state index < -0.39 is 26.2 Å². The second-order valence-electron chi connectivity index (χ2n) is 1.82. The number of hydrogen-bond acceptors (Lipinski definition) is 4. The van der Waals surface area contributed by atoms with Gasteiger partial charge in [-0.15, -0.1) is 0 Å². The molecule has 0 bridgehead atoms. The van der Waals surface area contributed by atoms with Crippen molar-refractivity contribution in [3.05, 3.63) is 0 Å². The Morgan fingerprint density at radius 1 is 1.08 bits per heavy atom. The van der Waals surface area contributed by atoms with Crippen LogP contribution in [0.25, 0.3) is 0 Å². The summed E-state index contributed by atoms with van der Waals surface area (Å²) in [6, 6.07) is 0. The molecule has 0 aliphatic carbocycles. The van der Waals surface area contributed by atoms with Crippen molar-refractivity contribution in [2.24, 2.45) is 0 Å². The zero-order valence-electron chi connectivity index (χ0n) is 5.14. The predicted molar refractivity (Wildman–Crippen MR) is 27.7 cm³/mol. The Kier molecular flexibility index (Phi) is 1.75. The molecule has 4 nitrogen and oxygen atoms in total. The van der Waals surface area contributed by atoms with E-state index in [4.69, 9.17) is 0 Å². The molecule has 12 heavy (non-hydrogen) atoms. The van der Waals surface area contributed by atoms with Gasteiger partial charge in [-0.2, -0.15) is 0 Å². The zero-order valence-corrected chi connectivity index (χ0v) is 6.14. The average molecular weight is 208 g/mol. The standard InChI is InChI=1S/C3HF4O4P/c4-3(5)1(8)10-12(6,7)11-2(3)9/h12H. The molecular formula is C3HF4O4P. The van der Waals surface area contributed by atoms with Gasteiger partial charge in [-0.3, -0.25) is 0 Å². The summed E-state index contributed by atoms with van der Waals surface area (Å²) in [6.07, 6.45) is 0. The third-order valence-corrected chi connectivity index (χ3v) is 1.78. The third kappa shape index (κ3) is 1.34. The molecule has 1 rings (SSSR count). The zero-order chi connectivity index (χ0) is 9.57. The van der Waals surface area contributed by atoms with E-state index in [0.29, 0.717) is 0 Å². The molecule has 0 atom stereocenters. The first kappa shape index (κ1) is 9.18. The fraction of sp³-hybridized carbons (Fsp3) is 0.333. The average Bonchev–Trinajstić information content (AvgIpc) is 1.82. The Labute approximate surface area is 63.2 Å². The quantitative estimate of drug-likeness (QED) is 0.339. The Hall–Kier alpha value is -0.910. The van der Waals surface area contributed by atoms with Crippen LogP contribution in [-0.4, -0.2) is 17.9 Å². The van der Waals surface area contributed by atoms with Crippen LogP contribution in [0.3, 0.4) is 0 Å². The van der Waals surface area contributed by atoms with Crippen molar-refractivity contribution in [2.75, 3.05) is 0 Å².